The second kappa shape index (κ2) is 6.92. The molecule has 0 unspecified atom stereocenters. The Kier molecular flexibility index (Phi) is 4.98. The molecule has 2 aromatic rings. The molecule has 1 N–H and O–H groups in total. The molecule has 0 aliphatic carbocycles. The summed E-state index contributed by atoms with van der Waals surface area (Å²) in [5, 5.41) is 3.65. The standard InChI is InChI=1S/C16H19NO4/c1-3-20-16(19)6-7-17-15(18)9-12-10-21-14-8-11(2)4-5-13(12)14/h4-5,8,10H,3,6-7,9H2,1-2H3,(H,17,18). The van der Waals surface area contributed by atoms with Crippen molar-refractivity contribution in [2.45, 2.75) is 26.7 Å². The van der Waals surface area contributed by atoms with Gasteiger partial charge in [0.2, 0.25) is 5.91 Å². The highest BCUT2D eigenvalue weighted by Gasteiger charge is 2.11. The van der Waals surface area contributed by atoms with Gasteiger partial charge in [-0.15, -0.1) is 0 Å². The Morgan fingerprint density at radius 3 is 2.90 bits per heavy atom. The summed E-state index contributed by atoms with van der Waals surface area (Å²) in [7, 11) is 0. The first-order valence-corrected chi connectivity index (χ1v) is 6.99. The van der Waals surface area contributed by atoms with Crippen molar-refractivity contribution < 1.29 is 18.7 Å². The van der Waals surface area contributed by atoms with Crippen LogP contribution in [0.5, 0.6) is 0 Å². The molecule has 1 aromatic carbocycles. The van der Waals surface area contributed by atoms with Gasteiger partial charge in [-0.1, -0.05) is 12.1 Å². The van der Waals surface area contributed by atoms with E-state index in [-0.39, 0.29) is 31.3 Å². The second-order valence-corrected chi connectivity index (χ2v) is 4.84. The van der Waals surface area contributed by atoms with Crippen LogP contribution in [0.1, 0.15) is 24.5 Å². The van der Waals surface area contributed by atoms with E-state index in [1.165, 1.54) is 0 Å². The summed E-state index contributed by atoms with van der Waals surface area (Å²) in [4.78, 5) is 23.0. The normalized spacial score (nSPS) is 10.6. The van der Waals surface area contributed by atoms with Crippen molar-refractivity contribution in [3.05, 3.63) is 35.6 Å². The number of hydrogen-bond donors (Lipinski definition) is 1. The maximum Gasteiger partial charge on any atom is 0.307 e. The van der Waals surface area contributed by atoms with Gasteiger partial charge in [-0.3, -0.25) is 9.59 Å². The molecule has 0 atom stereocenters. The molecule has 0 fully saturated rings. The van der Waals surface area contributed by atoms with E-state index < -0.39 is 0 Å². The summed E-state index contributed by atoms with van der Waals surface area (Å²) in [5.74, 6) is -0.440. The third-order valence-electron chi connectivity index (χ3n) is 3.12. The summed E-state index contributed by atoms with van der Waals surface area (Å²) in [6.45, 7) is 4.38. The Labute approximate surface area is 123 Å². The summed E-state index contributed by atoms with van der Waals surface area (Å²) >= 11 is 0. The van der Waals surface area contributed by atoms with Crippen molar-refractivity contribution in [3.8, 4) is 0 Å². The lowest BCUT2D eigenvalue weighted by Crippen LogP contribution is -2.27. The van der Waals surface area contributed by atoms with Crippen LogP contribution in [-0.4, -0.2) is 25.0 Å². The topological polar surface area (TPSA) is 68.5 Å². The van der Waals surface area contributed by atoms with Crippen molar-refractivity contribution in [2.24, 2.45) is 0 Å². The van der Waals surface area contributed by atoms with Crippen molar-refractivity contribution in [3.63, 3.8) is 0 Å². The zero-order valence-corrected chi connectivity index (χ0v) is 12.3. The zero-order chi connectivity index (χ0) is 15.2. The van der Waals surface area contributed by atoms with Crippen molar-refractivity contribution in [2.75, 3.05) is 13.2 Å². The summed E-state index contributed by atoms with van der Waals surface area (Å²) in [6, 6.07) is 5.88. The highest BCUT2D eigenvalue weighted by atomic mass is 16.5. The summed E-state index contributed by atoms with van der Waals surface area (Å²) in [6.07, 6.45) is 2.03. The number of benzene rings is 1. The third-order valence-corrected chi connectivity index (χ3v) is 3.12. The van der Waals surface area contributed by atoms with Crippen LogP contribution in [0.15, 0.2) is 28.9 Å². The number of carbonyl (C=O) groups excluding carboxylic acids is 2. The van der Waals surface area contributed by atoms with Crippen LogP contribution in [0, 0.1) is 6.92 Å². The maximum atomic E-state index is 11.9. The van der Waals surface area contributed by atoms with Crippen LogP contribution in [-0.2, 0) is 20.7 Å². The van der Waals surface area contributed by atoms with E-state index in [1.807, 2.05) is 25.1 Å². The highest BCUT2D eigenvalue weighted by Crippen LogP contribution is 2.22. The van der Waals surface area contributed by atoms with E-state index in [1.54, 1.807) is 13.2 Å². The van der Waals surface area contributed by atoms with Crippen LogP contribution >= 0.6 is 0 Å². The fourth-order valence-electron chi connectivity index (χ4n) is 2.10. The number of esters is 1. The molecule has 1 heterocycles. The lowest BCUT2D eigenvalue weighted by Gasteiger charge is -2.04. The van der Waals surface area contributed by atoms with Gasteiger partial charge in [0.15, 0.2) is 0 Å². The van der Waals surface area contributed by atoms with Crippen LogP contribution in [0.4, 0.5) is 0 Å². The number of fused-ring (bicyclic) bond motifs is 1. The molecular weight excluding hydrogens is 270 g/mol. The second-order valence-electron chi connectivity index (χ2n) is 4.84. The van der Waals surface area contributed by atoms with Crippen molar-refractivity contribution in [1.82, 2.24) is 5.32 Å². The van der Waals surface area contributed by atoms with Crippen molar-refractivity contribution in [1.29, 1.82) is 0 Å². The first kappa shape index (κ1) is 15.1. The molecule has 0 aliphatic rings. The van der Waals surface area contributed by atoms with E-state index in [0.29, 0.717) is 6.61 Å². The van der Waals surface area contributed by atoms with Gasteiger partial charge in [0.05, 0.1) is 25.7 Å². The van der Waals surface area contributed by atoms with Gasteiger partial charge >= 0.3 is 5.97 Å². The molecule has 1 aromatic heterocycles. The van der Waals surface area contributed by atoms with Crippen LogP contribution in [0.3, 0.4) is 0 Å². The molecule has 5 nitrogen and oxygen atoms in total. The molecule has 21 heavy (non-hydrogen) atoms. The molecule has 5 heteroatoms. The Hall–Kier alpha value is -2.30. The van der Waals surface area contributed by atoms with Crippen LogP contribution < -0.4 is 5.32 Å². The molecule has 0 bridgehead atoms. The number of nitrogens with one attached hydrogen (secondary N) is 1. The van der Waals surface area contributed by atoms with Crippen LogP contribution in [0.25, 0.3) is 11.0 Å². The molecule has 0 saturated heterocycles. The quantitative estimate of drug-likeness (QED) is 0.829. The van der Waals surface area contributed by atoms with Gasteiger partial charge < -0.3 is 14.5 Å². The van der Waals surface area contributed by atoms with E-state index in [4.69, 9.17) is 9.15 Å². The minimum atomic E-state index is -0.304. The Morgan fingerprint density at radius 2 is 2.14 bits per heavy atom. The van der Waals surface area contributed by atoms with E-state index in [9.17, 15) is 9.59 Å². The predicted molar refractivity (Wildman–Crippen MR) is 78.9 cm³/mol. The first-order chi connectivity index (χ1) is 10.1. The minimum absolute atomic E-state index is 0.137. The number of carbonyl (C=O) groups is 2. The van der Waals surface area contributed by atoms with Crippen LogP contribution in [0.2, 0.25) is 0 Å². The van der Waals surface area contributed by atoms with Gasteiger partial charge in [0.25, 0.3) is 0 Å². The average molecular weight is 289 g/mol. The number of ether oxygens (including phenoxy) is 1. The molecule has 1 amide bonds. The van der Waals surface area contributed by atoms with Gasteiger partial charge in [-0.25, -0.2) is 0 Å². The number of aryl methyl sites for hydroxylation is 1. The van der Waals surface area contributed by atoms with Crippen molar-refractivity contribution >= 4 is 22.8 Å². The van der Waals surface area contributed by atoms with Gasteiger partial charge in [0.1, 0.15) is 5.58 Å². The minimum Gasteiger partial charge on any atom is -0.466 e. The first-order valence-electron chi connectivity index (χ1n) is 6.99. The Balaban J connectivity index is 1.88. The lowest BCUT2D eigenvalue weighted by molar-refractivity contribution is -0.143. The van der Waals surface area contributed by atoms with E-state index in [0.717, 1.165) is 22.1 Å². The zero-order valence-electron chi connectivity index (χ0n) is 12.3. The Morgan fingerprint density at radius 1 is 1.33 bits per heavy atom. The summed E-state index contributed by atoms with van der Waals surface area (Å²) < 4.78 is 10.2. The fourth-order valence-corrected chi connectivity index (χ4v) is 2.10. The molecule has 2 rings (SSSR count). The van der Waals surface area contributed by atoms with E-state index >= 15 is 0 Å². The molecule has 0 spiro atoms. The Bertz CT molecular complexity index is 645. The van der Waals surface area contributed by atoms with E-state index in [2.05, 4.69) is 5.32 Å². The predicted octanol–water partition coefficient (Wildman–Crippen LogP) is 2.35. The average Bonchev–Trinajstić information content (AvgIpc) is 2.81. The number of amides is 1. The SMILES string of the molecule is CCOC(=O)CCNC(=O)Cc1coc2cc(C)ccc12. The number of furan rings is 1. The molecular formula is C16H19NO4. The van der Waals surface area contributed by atoms with Gasteiger partial charge in [0, 0.05) is 17.5 Å². The fraction of sp³-hybridized carbons (Fsp3) is 0.375. The largest absolute Gasteiger partial charge is 0.466 e. The number of rotatable bonds is 6. The lowest BCUT2D eigenvalue weighted by atomic mass is 10.1. The molecule has 0 aliphatic heterocycles. The summed E-state index contributed by atoms with van der Waals surface area (Å²) in [5.41, 5.74) is 2.74. The number of hydrogen-bond acceptors (Lipinski definition) is 4. The molecule has 112 valence electrons. The third kappa shape index (κ3) is 4.08. The maximum absolute atomic E-state index is 11.9. The highest BCUT2D eigenvalue weighted by molar-refractivity contribution is 5.88. The van der Waals surface area contributed by atoms with Gasteiger partial charge in [-0.05, 0) is 25.5 Å². The molecule has 0 saturated carbocycles. The molecule has 0 radical (unpaired) electrons. The smallest absolute Gasteiger partial charge is 0.307 e. The monoisotopic (exact) mass is 289 g/mol. The van der Waals surface area contributed by atoms with Gasteiger partial charge in [-0.2, -0.15) is 0 Å².